The molecule has 1 aliphatic heterocycles. The number of aliphatic hydroxyl groups is 1. The molecule has 5 nitrogen and oxygen atoms in total. The number of hydrogen-bond donors (Lipinski definition) is 1. The van der Waals surface area contributed by atoms with E-state index < -0.39 is 17.7 Å². The molecular weight excluding hydrogens is 198 g/mol. The van der Waals surface area contributed by atoms with Gasteiger partial charge in [-0.1, -0.05) is 5.16 Å². The van der Waals surface area contributed by atoms with Crippen molar-refractivity contribution in [1.82, 2.24) is 0 Å². The molecular formula is C10H15NO4. The van der Waals surface area contributed by atoms with Crippen LogP contribution in [-0.2, 0) is 14.4 Å². The molecule has 2 rings (SSSR count). The summed E-state index contributed by atoms with van der Waals surface area (Å²) in [5, 5.41) is 13.7. The molecule has 0 radical (unpaired) electrons. The largest absolute Gasteiger partial charge is 0.463 e. The molecule has 1 N–H and O–H groups in total. The summed E-state index contributed by atoms with van der Waals surface area (Å²) in [6.45, 7) is 3.82. The third kappa shape index (κ3) is 1.26. The number of fused-ring (bicyclic) bond motifs is 1. The summed E-state index contributed by atoms with van der Waals surface area (Å²) in [6.07, 6.45) is 0.453. The number of oxime groups is 1. The molecule has 0 aromatic heterocycles. The molecule has 0 bridgehead atoms. The van der Waals surface area contributed by atoms with Crippen LogP contribution in [0.3, 0.4) is 0 Å². The molecule has 5 heteroatoms. The van der Waals surface area contributed by atoms with Crippen molar-refractivity contribution in [3.8, 4) is 0 Å². The van der Waals surface area contributed by atoms with Gasteiger partial charge in [0.25, 0.3) is 5.60 Å². The molecule has 0 amide bonds. The maximum absolute atomic E-state index is 11.8. The molecule has 1 saturated carbocycles. The van der Waals surface area contributed by atoms with Crippen LogP contribution < -0.4 is 0 Å². The van der Waals surface area contributed by atoms with Gasteiger partial charge in [-0.2, -0.15) is 0 Å². The van der Waals surface area contributed by atoms with Gasteiger partial charge in [0, 0.05) is 0 Å². The lowest BCUT2D eigenvalue weighted by molar-refractivity contribution is -0.183. The Morgan fingerprint density at radius 1 is 1.73 bits per heavy atom. The standard InChI is InChI=1S/C10H15NO4/c1-3-14-9(13)10-7(4-5-8(10)12)6(2)11-15-10/h7-8,12H,3-5H2,1-2H3. The van der Waals surface area contributed by atoms with Crippen LogP contribution in [-0.4, -0.2) is 35.1 Å². The highest BCUT2D eigenvalue weighted by atomic mass is 16.7. The highest BCUT2D eigenvalue weighted by molar-refractivity contribution is 5.95. The molecule has 2 aliphatic rings. The van der Waals surface area contributed by atoms with E-state index in [4.69, 9.17) is 9.57 Å². The average Bonchev–Trinajstić information content (AvgIpc) is 2.69. The van der Waals surface area contributed by atoms with E-state index in [0.29, 0.717) is 6.42 Å². The van der Waals surface area contributed by atoms with Crippen LogP contribution in [0.5, 0.6) is 0 Å². The van der Waals surface area contributed by atoms with Crippen molar-refractivity contribution >= 4 is 11.7 Å². The number of esters is 1. The highest BCUT2D eigenvalue weighted by Crippen LogP contribution is 2.44. The van der Waals surface area contributed by atoms with Gasteiger partial charge in [-0.3, -0.25) is 0 Å². The molecule has 1 heterocycles. The van der Waals surface area contributed by atoms with Crippen molar-refractivity contribution in [2.75, 3.05) is 6.61 Å². The minimum Gasteiger partial charge on any atom is -0.463 e. The first-order valence-electron chi connectivity index (χ1n) is 5.21. The zero-order chi connectivity index (χ0) is 11.1. The van der Waals surface area contributed by atoms with Gasteiger partial charge < -0.3 is 14.7 Å². The second-order valence-electron chi connectivity index (χ2n) is 3.98. The van der Waals surface area contributed by atoms with Crippen molar-refractivity contribution in [3.63, 3.8) is 0 Å². The predicted molar refractivity (Wildman–Crippen MR) is 52.3 cm³/mol. The topological polar surface area (TPSA) is 68.1 Å². The number of hydrogen-bond acceptors (Lipinski definition) is 5. The van der Waals surface area contributed by atoms with E-state index in [0.717, 1.165) is 12.1 Å². The Hall–Kier alpha value is -1.10. The quantitative estimate of drug-likeness (QED) is 0.677. The van der Waals surface area contributed by atoms with Crippen LogP contribution >= 0.6 is 0 Å². The minimum atomic E-state index is -1.26. The van der Waals surface area contributed by atoms with Gasteiger partial charge in [0.2, 0.25) is 0 Å². The maximum Gasteiger partial charge on any atom is 0.356 e. The smallest absolute Gasteiger partial charge is 0.356 e. The van der Waals surface area contributed by atoms with Crippen molar-refractivity contribution in [2.24, 2.45) is 11.1 Å². The fourth-order valence-electron chi connectivity index (χ4n) is 2.40. The second kappa shape index (κ2) is 3.48. The maximum atomic E-state index is 11.8. The zero-order valence-corrected chi connectivity index (χ0v) is 8.90. The fourth-order valence-corrected chi connectivity index (χ4v) is 2.40. The first-order chi connectivity index (χ1) is 7.13. The summed E-state index contributed by atoms with van der Waals surface area (Å²) in [6, 6.07) is 0. The van der Waals surface area contributed by atoms with Gasteiger partial charge in [-0.15, -0.1) is 0 Å². The van der Waals surface area contributed by atoms with E-state index in [1.807, 2.05) is 6.92 Å². The lowest BCUT2D eigenvalue weighted by atomic mass is 9.87. The van der Waals surface area contributed by atoms with Crippen LogP contribution in [0.1, 0.15) is 26.7 Å². The fraction of sp³-hybridized carbons (Fsp3) is 0.800. The summed E-state index contributed by atoms with van der Waals surface area (Å²) in [7, 11) is 0. The lowest BCUT2D eigenvalue weighted by Crippen LogP contribution is -2.51. The number of rotatable bonds is 2. The molecule has 0 aromatic carbocycles. The zero-order valence-electron chi connectivity index (χ0n) is 8.90. The van der Waals surface area contributed by atoms with E-state index in [1.54, 1.807) is 6.92 Å². The molecule has 1 fully saturated rings. The van der Waals surface area contributed by atoms with E-state index >= 15 is 0 Å². The van der Waals surface area contributed by atoms with Crippen LogP contribution in [0.4, 0.5) is 0 Å². The number of ether oxygens (including phenoxy) is 1. The third-order valence-electron chi connectivity index (χ3n) is 3.18. The Morgan fingerprint density at radius 2 is 2.47 bits per heavy atom. The van der Waals surface area contributed by atoms with E-state index in [1.165, 1.54) is 0 Å². The number of nitrogens with zero attached hydrogens (tertiary/aromatic N) is 1. The Morgan fingerprint density at radius 3 is 3.13 bits per heavy atom. The summed E-state index contributed by atoms with van der Waals surface area (Å²) < 4.78 is 4.95. The molecule has 0 spiro atoms. The highest BCUT2D eigenvalue weighted by Gasteiger charge is 2.63. The normalized spacial score (nSPS) is 38.2. The van der Waals surface area contributed by atoms with Gasteiger partial charge >= 0.3 is 5.97 Å². The molecule has 15 heavy (non-hydrogen) atoms. The Bertz CT molecular complexity index is 315. The van der Waals surface area contributed by atoms with Crippen molar-refractivity contribution in [2.45, 2.75) is 38.4 Å². The first kappa shape index (κ1) is 10.4. The molecule has 3 unspecified atom stereocenters. The summed E-state index contributed by atoms with van der Waals surface area (Å²) in [5.74, 6) is -0.632. The molecule has 0 aromatic rings. The minimum absolute atomic E-state index is 0.133. The third-order valence-corrected chi connectivity index (χ3v) is 3.18. The van der Waals surface area contributed by atoms with Gasteiger partial charge in [-0.25, -0.2) is 4.79 Å². The molecule has 1 aliphatic carbocycles. The van der Waals surface area contributed by atoms with E-state index in [9.17, 15) is 9.90 Å². The lowest BCUT2D eigenvalue weighted by Gasteiger charge is -2.27. The summed E-state index contributed by atoms with van der Waals surface area (Å²) >= 11 is 0. The Kier molecular flexibility index (Phi) is 2.42. The second-order valence-corrected chi connectivity index (χ2v) is 3.98. The SMILES string of the molecule is CCOC(=O)C12ON=C(C)C1CCC2O. The van der Waals surface area contributed by atoms with Gasteiger partial charge in [0.1, 0.15) is 6.10 Å². The van der Waals surface area contributed by atoms with Gasteiger partial charge in [0.05, 0.1) is 18.2 Å². The van der Waals surface area contributed by atoms with Gasteiger partial charge in [-0.05, 0) is 26.7 Å². The van der Waals surface area contributed by atoms with Crippen LogP contribution in [0.15, 0.2) is 5.16 Å². The number of aliphatic hydroxyl groups excluding tert-OH is 1. The monoisotopic (exact) mass is 213 g/mol. The van der Waals surface area contributed by atoms with E-state index in [-0.39, 0.29) is 12.5 Å². The van der Waals surface area contributed by atoms with Crippen LogP contribution in [0, 0.1) is 5.92 Å². The molecule has 3 atom stereocenters. The summed E-state index contributed by atoms with van der Waals surface area (Å²) in [4.78, 5) is 17.0. The molecule has 84 valence electrons. The van der Waals surface area contributed by atoms with Gasteiger partial charge in [0.15, 0.2) is 0 Å². The average molecular weight is 213 g/mol. The van der Waals surface area contributed by atoms with E-state index in [2.05, 4.69) is 5.16 Å². The number of carbonyl (C=O) groups excluding carboxylic acids is 1. The first-order valence-corrected chi connectivity index (χ1v) is 5.21. The van der Waals surface area contributed by atoms with Crippen LogP contribution in [0.2, 0.25) is 0 Å². The Balaban J connectivity index is 2.28. The molecule has 0 saturated heterocycles. The Labute approximate surface area is 88.0 Å². The van der Waals surface area contributed by atoms with Crippen molar-refractivity contribution < 1.29 is 19.5 Å². The van der Waals surface area contributed by atoms with Crippen molar-refractivity contribution in [1.29, 1.82) is 0 Å². The predicted octanol–water partition coefficient (Wildman–Crippen LogP) is 0.465. The van der Waals surface area contributed by atoms with Crippen molar-refractivity contribution in [3.05, 3.63) is 0 Å². The van der Waals surface area contributed by atoms with Crippen LogP contribution in [0.25, 0.3) is 0 Å². The number of carbonyl (C=O) groups is 1. The summed E-state index contributed by atoms with van der Waals surface area (Å²) in [5.41, 5.74) is -0.500.